The maximum absolute atomic E-state index is 12.1. The molecule has 1 aromatic carbocycles. The van der Waals surface area contributed by atoms with Crippen molar-refractivity contribution in [3.8, 4) is 0 Å². The van der Waals surface area contributed by atoms with Crippen LogP contribution in [0.15, 0.2) is 42.8 Å². The number of sulfonamides is 1. The predicted octanol–water partition coefficient (Wildman–Crippen LogP) is 4.38. The van der Waals surface area contributed by atoms with Crippen LogP contribution in [0.25, 0.3) is 0 Å². The van der Waals surface area contributed by atoms with Crippen molar-refractivity contribution < 1.29 is 8.42 Å². The second kappa shape index (κ2) is 5.32. The van der Waals surface area contributed by atoms with Crippen molar-refractivity contribution in [3.05, 3.63) is 44.2 Å². The lowest BCUT2D eigenvalue weighted by atomic mass is 10.3. The molecule has 0 bridgehead atoms. The molecule has 0 aliphatic rings. The molecule has 0 spiro atoms. The number of hydrogen-bond donors (Lipinski definition) is 1. The van der Waals surface area contributed by atoms with Crippen LogP contribution in [0.4, 0.5) is 5.69 Å². The maximum Gasteiger partial charge on any atom is 0.271 e. The molecule has 0 saturated heterocycles. The fourth-order valence-electron chi connectivity index (χ4n) is 1.29. The zero-order valence-electron chi connectivity index (χ0n) is 9.28. The lowest BCUT2D eigenvalue weighted by Gasteiger charge is -2.05. The van der Waals surface area contributed by atoms with Gasteiger partial charge in [-0.2, -0.15) is 0 Å². The Labute approximate surface area is 127 Å². The Morgan fingerprint density at radius 2 is 1.78 bits per heavy atom. The van der Waals surface area contributed by atoms with Gasteiger partial charge in [-0.05, 0) is 58.7 Å². The van der Waals surface area contributed by atoms with Gasteiger partial charge in [-0.15, -0.1) is 11.3 Å². The standard InChI is InChI=1S/C11H9Br2NO2S2/c1-7-6-10(17-11(7)13)18(15,16)14-9-4-2-8(12)3-5-9/h2-6,14H,1H3. The van der Waals surface area contributed by atoms with Crippen LogP contribution in [0.3, 0.4) is 0 Å². The Bertz CT molecular complexity index is 643. The fourth-order valence-corrected chi connectivity index (χ4v) is 4.84. The number of anilines is 1. The molecule has 0 aliphatic heterocycles. The van der Waals surface area contributed by atoms with Gasteiger partial charge in [-0.1, -0.05) is 15.9 Å². The minimum atomic E-state index is -3.50. The van der Waals surface area contributed by atoms with E-state index in [9.17, 15) is 8.42 Å². The summed E-state index contributed by atoms with van der Waals surface area (Å²) in [5, 5.41) is 0. The van der Waals surface area contributed by atoms with E-state index >= 15 is 0 Å². The van der Waals surface area contributed by atoms with Gasteiger partial charge in [-0.25, -0.2) is 8.42 Å². The Kier molecular flexibility index (Phi) is 4.15. The highest BCUT2D eigenvalue weighted by molar-refractivity contribution is 9.11. The number of halogens is 2. The molecule has 0 amide bonds. The van der Waals surface area contributed by atoms with Gasteiger partial charge >= 0.3 is 0 Å². The smallest absolute Gasteiger partial charge is 0.271 e. The summed E-state index contributed by atoms with van der Waals surface area (Å²) in [6.45, 7) is 1.86. The van der Waals surface area contributed by atoms with Crippen molar-refractivity contribution in [3.63, 3.8) is 0 Å². The first-order valence-electron chi connectivity index (χ1n) is 4.93. The maximum atomic E-state index is 12.1. The predicted molar refractivity (Wildman–Crippen MR) is 81.7 cm³/mol. The van der Waals surface area contributed by atoms with E-state index in [0.717, 1.165) is 13.8 Å². The molecule has 0 saturated carbocycles. The van der Waals surface area contributed by atoms with E-state index in [1.165, 1.54) is 11.3 Å². The van der Waals surface area contributed by atoms with E-state index in [1.807, 2.05) is 6.92 Å². The molecule has 0 unspecified atom stereocenters. The van der Waals surface area contributed by atoms with Crippen LogP contribution < -0.4 is 4.72 Å². The molecule has 0 radical (unpaired) electrons. The van der Waals surface area contributed by atoms with Crippen molar-refractivity contribution in [2.45, 2.75) is 11.1 Å². The van der Waals surface area contributed by atoms with E-state index in [1.54, 1.807) is 30.3 Å². The average Bonchev–Trinajstić information content (AvgIpc) is 2.63. The molecule has 0 aliphatic carbocycles. The monoisotopic (exact) mass is 409 g/mol. The molecule has 2 rings (SSSR count). The van der Waals surface area contributed by atoms with Gasteiger partial charge in [0, 0.05) is 10.2 Å². The van der Waals surface area contributed by atoms with Crippen molar-refractivity contribution in [1.29, 1.82) is 0 Å². The van der Waals surface area contributed by atoms with Gasteiger partial charge in [0.05, 0.1) is 3.79 Å². The largest absolute Gasteiger partial charge is 0.279 e. The molecular formula is C11H9Br2NO2S2. The highest BCUT2D eigenvalue weighted by atomic mass is 79.9. The zero-order valence-corrected chi connectivity index (χ0v) is 14.1. The third-order valence-electron chi connectivity index (χ3n) is 2.20. The first kappa shape index (κ1) is 14.0. The third kappa shape index (κ3) is 3.14. The lowest BCUT2D eigenvalue weighted by Crippen LogP contribution is -2.11. The molecule has 0 atom stereocenters. The van der Waals surface area contributed by atoms with Gasteiger partial charge in [0.2, 0.25) is 0 Å². The Morgan fingerprint density at radius 3 is 2.28 bits per heavy atom. The number of rotatable bonds is 3. The number of aryl methyl sites for hydroxylation is 1. The van der Waals surface area contributed by atoms with E-state index < -0.39 is 10.0 Å². The number of hydrogen-bond acceptors (Lipinski definition) is 3. The first-order valence-corrected chi connectivity index (χ1v) is 8.81. The Hall–Kier alpha value is -0.370. The van der Waals surface area contributed by atoms with Crippen LogP contribution in [0, 0.1) is 6.92 Å². The minimum absolute atomic E-state index is 0.301. The molecule has 2 aromatic rings. The molecule has 96 valence electrons. The summed E-state index contributed by atoms with van der Waals surface area (Å²) in [7, 11) is -3.50. The van der Waals surface area contributed by atoms with Gasteiger partial charge < -0.3 is 0 Å². The van der Waals surface area contributed by atoms with E-state index in [-0.39, 0.29) is 0 Å². The van der Waals surface area contributed by atoms with Crippen molar-refractivity contribution >= 4 is 58.9 Å². The fraction of sp³-hybridized carbons (Fsp3) is 0.0909. The second-order valence-corrected chi connectivity index (χ2v) is 8.83. The summed E-state index contributed by atoms with van der Waals surface area (Å²) >= 11 is 7.83. The van der Waals surface area contributed by atoms with Gasteiger partial charge in [0.1, 0.15) is 4.21 Å². The molecule has 1 heterocycles. The molecular weight excluding hydrogens is 402 g/mol. The third-order valence-corrected chi connectivity index (χ3v) is 6.72. The summed E-state index contributed by atoms with van der Waals surface area (Å²) in [5.41, 5.74) is 1.46. The van der Waals surface area contributed by atoms with Gasteiger partial charge in [0.15, 0.2) is 0 Å². The summed E-state index contributed by atoms with van der Waals surface area (Å²) < 4.78 is 28.8. The van der Waals surface area contributed by atoms with E-state index in [4.69, 9.17) is 0 Å². The molecule has 0 fully saturated rings. The average molecular weight is 411 g/mol. The quantitative estimate of drug-likeness (QED) is 0.815. The Balaban J connectivity index is 2.29. The zero-order chi connectivity index (χ0) is 13.3. The van der Waals surface area contributed by atoms with Crippen LogP contribution in [-0.4, -0.2) is 8.42 Å². The number of thiophene rings is 1. The van der Waals surface area contributed by atoms with Crippen LogP contribution in [0.2, 0.25) is 0 Å². The normalized spacial score (nSPS) is 11.5. The van der Waals surface area contributed by atoms with E-state index in [2.05, 4.69) is 36.6 Å². The SMILES string of the molecule is Cc1cc(S(=O)(=O)Nc2ccc(Br)cc2)sc1Br. The molecule has 1 N–H and O–H groups in total. The van der Waals surface area contributed by atoms with Crippen LogP contribution >= 0.6 is 43.2 Å². The van der Waals surface area contributed by atoms with Crippen molar-refractivity contribution in [2.75, 3.05) is 4.72 Å². The van der Waals surface area contributed by atoms with Gasteiger partial charge in [0.25, 0.3) is 10.0 Å². The van der Waals surface area contributed by atoms with Crippen molar-refractivity contribution in [2.24, 2.45) is 0 Å². The van der Waals surface area contributed by atoms with Crippen LogP contribution in [0.5, 0.6) is 0 Å². The number of benzene rings is 1. The highest BCUT2D eigenvalue weighted by Gasteiger charge is 2.18. The van der Waals surface area contributed by atoms with Crippen LogP contribution in [0.1, 0.15) is 5.56 Å². The molecule has 3 nitrogen and oxygen atoms in total. The molecule has 7 heteroatoms. The summed E-state index contributed by atoms with van der Waals surface area (Å²) in [4.78, 5) is 0. The van der Waals surface area contributed by atoms with Gasteiger partial charge in [-0.3, -0.25) is 4.72 Å². The molecule has 18 heavy (non-hydrogen) atoms. The first-order chi connectivity index (χ1) is 8.38. The summed E-state index contributed by atoms with van der Waals surface area (Å²) in [6.07, 6.45) is 0. The van der Waals surface area contributed by atoms with Crippen LogP contribution in [-0.2, 0) is 10.0 Å². The summed E-state index contributed by atoms with van der Waals surface area (Å²) in [5.74, 6) is 0. The summed E-state index contributed by atoms with van der Waals surface area (Å²) in [6, 6.07) is 8.63. The topological polar surface area (TPSA) is 46.2 Å². The molecule has 1 aromatic heterocycles. The second-order valence-electron chi connectivity index (χ2n) is 3.63. The lowest BCUT2D eigenvalue weighted by molar-refractivity contribution is 0.603. The highest BCUT2D eigenvalue weighted by Crippen LogP contribution is 2.31. The number of nitrogens with one attached hydrogen (secondary N) is 1. The van der Waals surface area contributed by atoms with E-state index in [0.29, 0.717) is 9.90 Å². The van der Waals surface area contributed by atoms with Crippen molar-refractivity contribution in [1.82, 2.24) is 0 Å². The minimum Gasteiger partial charge on any atom is -0.279 e. The Morgan fingerprint density at radius 1 is 1.17 bits per heavy atom.